The summed E-state index contributed by atoms with van der Waals surface area (Å²) in [5, 5.41) is 3.07. The molecule has 3 heteroatoms. The Balaban J connectivity index is 2.52. The van der Waals surface area contributed by atoms with Crippen molar-refractivity contribution in [1.29, 1.82) is 0 Å². The van der Waals surface area contributed by atoms with Crippen LogP contribution in [0.4, 0.5) is 0 Å². The topological polar surface area (TPSA) is 38.3 Å². The fraction of sp³-hybridized carbons (Fsp3) is 0.875. The molecule has 0 heterocycles. The molecule has 0 amide bonds. The second kappa shape index (κ2) is 3.22. The van der Waals surface area contributed by atoms with E-state index in [1.807, 2.05) is 7.05 Å². The number of ether oxygens (including phenoxy) is 1. The van der Waals surface area contributed by atoms with Crippen LogP contribution < -0.4 is 5.32 Å². The van der Waals surface area contributed by atoms with E-state index in [9.17, 15) is 4.79 Å². The van der Waals surface area contributed by atoms with Crippen LogP contribution in [0.15, 0.2) is 0 Å². The van der Waals surface area contributed by atoms with E-state index in [0.29, 0.717) is 0 Å². The first-order chi connectivity index (χ1) is 5.18. The molecular weight excluding hydrogens is 142 g/mol. The van der Waals surface area contributed by atoms with E-state index in [0.717, 1.165) is 25.7 Å². The highest BCUT2D eigenvalue weighted by atomic mass is 16.6. The molecule has 1 aliphatic carbocycles. The Morgan fingerprint density at radius 2 is 2.00 bits per heavy atom. The second-order valence-electron chi connectivity index (χ2n) is 3.05. The van der Waals surface area contributed by atoms with Gasteiger partial charge in [0.15, 0.2) is 5.72 Å². The first-order valence-electron chi connectivity index (χ1n) is 4.07. The Labute approximate surface area is 67.1 Å². The molecule has 1 saturated carbocycles. The summed E-state index contributed by atoms with van der Waals surface area (Å²) in [5.74, 6) is -0.193. The molecule has 0 aromatic heterocycles. The molecule has 0 bridgehead atoms. The molecule has 1 aliphatic rings. The molecule has 0 spiro atoms. The van der Waals surface area contributed by atoms with Gasteiger partial charge in [-0.05, 0) is 19.9 Å². The lowest BCUT2D eigenvalue weighted by molar-refractivity contribution is -0.159. The monoisotopic (exact) mass is 157 g/mol. The van der Waals surface area contributed by atoms with Gasteiger partial charge in [-0.3, -0.25) is 10.1 Å². The normalized spacial score (nSPS) is 21.6. The minimum Gasteiger partial charge on any atom is -0.444 e. The lowest BCUT2D eigenvalue weighted by atomic mass is 10.2. The number of carbonyl (C=O) groups excluding carboxylic acids is 1. The van der Waals surface area contributed by atoms with Crippen LogP contribution in [-0.4, -0.2) is 18.7 Å². The maximum atomic E-state index is 10.7. The van der Waals surface area contributed by atoms with E-state index in [4.69, 9.17) is 4.74 Å². The van der Waals surface area contributed by atoms with Gasteiger partial charge in [0, 0.05) is 19.8 Å². The van der Waals surface area contributed by atoms with Crippen LogP contribution in [0.3, 0.4) is 0 Å². The van der Waals surface area contributed by atoms with E-state index in [1.54, 1.807) is 0 Å². The van der Waals surface area contributed by atoms with Crippen LogP contribution in [-0.2, 0) is 9.53 Å². The molecule has 0 aromatic rings. The minimum absolute atomic E-state index is 0.193. The third kappa shape index (κ3) is 1.93. The molecule has 1 rings (SSSR count). The van der Waals surface area contributed by atoms with Crippen molar-refractivity contribution in [2.45, 2.75) is 38.3 Å². The highest BCUT2D eigenvalue weighted by Gasteiger charge is 2.34. The van der Waals surface area contributed by atoms with Gasteiger partial charge in [-0.25, -0.2) is 0 Å². The van der Waals surface area contributed by atoms with Crippen molar-refractivity contribution >= 4 is 5.97 Å². The first kappa shape index (κ1) is 8.53. The highest BCUT2D eigenvalue weighted by Crippen LogP contribution is 2.30. The van der Waals surface area contributed by atoms with Crippen LogP contribution in [0.2, 0.25) is 0 Å². The SMILES string of the molecule is CNC1(OC(C)=O)CCCC1. The van der Waals surface area contributed by atoms with E-state index in [2.05, 4.69) is 5.32 Å². The van der Waals surface area contributed by atoms with Crippen LogP contribution in [0.1, 0.15) is 32.6 Å². The number of rotatable bonds is 2. The van der Waals surface area contributed by atoms with Gasteiger partial charge in [-0.15, -0.1) is 0 Å². The average molecular weight is 157 g/mol. The van der Waals surface area contributed by atoms with Crippen molar-refractivity contribution in [3.05, 3.63) is 0 Å². The molecule has 11 heavy (non-hydrogen) atoms. The van der Waals surface area contributed by atoms with Gasteiger partial charge in [0.25, 0.3) is 0 Å². The fourth-order valence-electron chi connectivity index (χ4n) is 1.62. The molecule has 1 fully saturated rings. The van der Waals surface area contributed by atoms with Gasteiger partial charge in [-0.1, -0.05) is 0 Å². The summed E-state index contributed by atoms with van der Waals surface area (Å²) in [6, 6.07) is 0. The van der Waals surface area contributed by atoms with Gasteiger partial charge >= 0.3 is 5.97 Å². The van der Waals surface area contributed by atoms with E-state index < -0.39 is 0 Å². The Kier molecular flexibility index (Phi) is 2.49. The Morgan fingerprint density at radius 1 is 1.45 bits per heavy atom. The summed E-state index contributed by atoms with van der Waals surface area (Å²) in [5.41, 5.74) is -0.341. The summed E-state index contributed by atoms with van der Waals surface area (Å²) in [4.78, 5) is 10.7. The van der Waals surface area contributed by atoms with Crippen molar-refractivity contribution in [3.8, 4) is 0 Å². The van der Waals surface area contributed by atoms with Crippen molar-refractivity contribution in [2.24, 2.45) is 0 Å². The van der Waals surface area contributed by atoms with Crippen molar-refractivity contribution < 1.29 is 9.53 Å². The molecule has 64 valence electrons. The van der Waals surface area contributed by atoms with Crippen molar-refractivity contribution in [3.63, 3.8) is 0 Å². The molecule has 0 atom stereocenters. The van der Waals surface area contributed by atoms with Crippen molar-refractivity contribution in [2.75, 3.05) is 7.05 Å². The zero-order valence-corrected chi connectivity index (χ0v) is 7.14. The smallest absolute Gasteiger partial charge is 0.304 e. The third-order valence-electron chi connectivity index (χ3n) is 2.21. The molecule has 0 radical (unpaired) electrons. The van der Waals surface area contributed by atoms with Crippen LogP contribution in [0, 0.1) is 0 Å². The summed E-state index contributed by atoms with van der Waals surface area (Å²) in [7, 11) is 1.84. The van der Waals surface area contributed by atoms with Crippen LogP contribution >= 0.6 is 0 Å². The Bertz CT molecular complexity index is 150. The number of nitrogens with one attached hydrogen (secondary N) is 1. The fourth-order valence-corrected chi connectivity index (χ4v) is 1.62. The maximum Gasteiger partial charge on any atom is 0.304 e. The molecule has 0 aliphatic heterocycles. The lowest BCUT2D eigenvalue weighted by Gasteiger charge is -2.27. The van der Waals surface area contributed by atoms with Gasteiger partial charge < -0.3 is 4.74 Å². The van der Waals surface area contributed by atoms with E-state index in [-0.39, 0.29) is 11.7 Å². The van der Waals surface area contributed by atoms with E-state index in [1.165, 1.54) is 6.92 Å². The number of hydrogen-bond donors (Lipinski definition) is 1. The molecule has 3 nitrogen and oxygen atoms in total. The maximum absolute atomic E-state index is 10.7. The second-order valence-corrected chi connectivity index (χ2v) is 3.05. The predicted octanol–water partition coefficient (Wildman–Crippen LogP) is 1.04. The molecule has 0 aromatic carbocycles. The summed E-state index contributed by atoms with van der Waals surface area (Å²) >= 11 is 0. The summed E-state index contributed by atoms with van der Waals surface area (Å²) in [6.07, 6.45) is 4.19. The summed E-state index contributed by atoms with van der Waals surface area (Å²) < 4.78 is 5.20. The number of esters is 1. The average Bonchev–Trinajstić information content (AvgIpc) is 2.36. The van der Waals surface area contributed by atoms with Gasteiger partial charge in [0.05, 0.1) is 0 Å². The van der Waals surface area contributed by atoms with Gasteiger partial charge in [0.1, 0.15) is 0 Å². The largest absolute Gasteiger partial charge is 0.444 e. The van der Waals surface area contributed by atoms with E-state index >= 15 is 0 Å². The van der Waals surface area contributed by atoms with Crippen LogP contribution in [0.25, 0.3) is 0 Å². The molecule has 0 saturated heterocycles. The van der Waals surface area contributed by atoms with Gasteiger partial charge in [-0.2, -0.15) is 0 Å². The number of carbonyl (C=O) groups is 1. The lowest BCUT2D eigenvalue weighted by Crippen LogP contribution is -2.44. The first-order valence-corrected chi connectivity index (χ1v) is 4.07. The zero-order chi connectivity index (χ0) is 8.32. The molecule has 1 N–H and O–H groups in total. The quantitative estimate of drug-likeness (QED) is 0.481. The number of hydrogen-bond acceptors (Lipinski definition) is 3. The zero-order valence-electron chi connectivity index (χ0n) is 7.14. The molecule has 0 unspecified atom stereocenters. The Hall–Kier alpha value is -0.570. The van der Waals surface area contributed by atoms with Crippen LogP contribution in [0.5, 0.6) is 0 Å². The highest BCUT2D eigenvalue weighted by molar-refractivity contribution is 5.66. The van der Waals surface area contributed by atoms with Gasteiger partial charge in [0.2, 0.25) is 0 Å². The van der Waals surface area contributed by atoms with Crippen molar-refractivity contribution in [1.82, 2.24) is 5.32 Å². The standard InChI is InChI=1S/C8H15NO2/c1-7(10)11-8(9-2)5-3-4-6-8/h9H,3-6H2,1-2H3. The molecular formula is C8H15NO2. The summed E-state index contributed by atoms with van der Waals surface area (Å²) in [6.45, 7) is 1.46. The minimum atomic E-state index is -0.341. The Morgan fingerprint density at radius 3 is 2.36 bits per heavy atom. The predicted molar refractivity (Wildman–Crippen MR) is 42.0 cm³/mol. The third-order valence-corrected chi connectivity index (χ3v) is 2.21.